The minimum atomic E-state index is 0.419. The lowest BCUT2D eigenvalue weighted by Crippen LogP contribution is -2.06. The summed E-state index contributed by atoms with van der Waals surface area (Å²) in [7, 11) is 1.63. The number of hydrogen-bond acceptors (Lipinski definition) is 4. The number of benzene rings is 1. The van der Waals surface area contributed by atoms with Crippen LogP contribution in [0.2, 0.25) is 0 Å². The number of hydrogen-bond donors (Lipinski definition) is 1. The molecular formula is C12H11BrIN3O. The second-order valence-corrected chi connectivity index (χ2v) is 5.54. The van der Waals surface area contributed by atoms with E-state index in [1.807, 2.05) is 24.3 Å². The molecule has 0 bridgehead atoms. The number of aromatic nitrogens is 2. The summed E-state index contributed by atoms with van der Waals surface area (Å²) in [5.41, 5.74) is 7.63. The second-order valence-electron chi connectivity index (χ2n) is 3.61. The smallest absolute Gasteiger partial charge is 0.163 e. The van der Waals surface area contributed by atoms with Crippen molar-refractivity contribution in [1.29, 1.82) is 0 Å². The molecule has 0 amide bonds. The maximum atomic E-state index is 5.91. The summed E-state index contributed by atoms with van der Waals surface area (Å²) in [4.78, 5) is 8.82. The number of methoxy groups -OCH3 is 1. The second kappa shape index (κ2) is 5.94. The van der Waals surface area contributed by atoms with Crippen LogP contribution in [0.15, 0.2) is 28.7 Å². The maximum absolute atomic E-state index is 5.91. The van der Waals surface area contributed by atoms with E-state index in [4.69, 9.17) is 10.5 Å². The third kappa shape index (κ3) is 2.81. The Balaban J connectivity index is 2.56. The molecule has 2 N–H and O–H groups in total. The number of halogens is 2. The first-order chi connectivity index (χ1) is 8.63. The molecule has 0 aliphatic carbocycles. The van der Waals surface area contributed by atoms with Crippen molar-refractivity contribution in [3.05, 3.63) is 38.0 Å². The number of nitrogens with two attached hydrogens (primary N) is 1. The average molecular weight is 420 g/mol. The van der Waals surface area contributed by atoms with Crippen molar-refractivity contribution in [2.24, 2.45) is 0 Å². The zero-order chi connectivity index (χ0) is 13.1. The van der Waals surface area contributed by atoms with Gasteiger partial charge in [-0.3, -0.25) is 0 Å². The third-order valence-electron chi connectivity index (χ3n) is 2.34. The number of nitrogen functional groups attached to an aromatic ring is 1. The van der Waals surface area contributed by atoms with Crippen molar-refractivity contribution in [3.8, 4) is 11.4 Å². The largest absolute Gasteiger partial charge is 0.383 e. The Bertz CT molecular complexity index is 577. The summed E-state index contributed by atoms with van der Waals surface area (Å²) in [5, 5.41) is 0. The van der Waals surface area contributed by atoms with Gasteiger partial charge in [-0.15, -0.1) is 0 Å². The monoisotopic (exact) mass is 419 g/mol. The molecule has 0 saturated heterocycles. The number of nitrogens with zero attached hydrogens (tertiary/aromatic N) is 2. The molecule has 0 saturated carbocycles. The van der Waals surface area contributed by atoms with Crippen molar-refractivity contribution in [3.63, 3.8) is 0 Å². The van der Waals surface area contributed by atoms with Crippen LogP contribution < -0.4 is 5.73 Å². The van der Waals surface area contributed by atoms with Gasteiger partial charge in [-0.25, -0.2) is 9.97 Å². The highest BCUT2D eigenvalue weighted by molar-refractivity contribution is 14.1. The molecule has 0 radical (unpaired) electrons. The predicted molar refractivity (Wildman–Crippen MR) is 83.0 cm³/mol. The van der Waals surface area contributed by atoms with Crippen molar-refractivity contribution in [2.75, 3.05) is 12.8 Å². The third-order valence-corrected chi connectivity index (χ3v) is 4.21. The van der Waals surface area contributed by atoms with Crippen LogP contribution in [0.5, 0.6) is 0 Å². The summed E-state index contributed by atoms with van der Waals surface area (Å²) < 4.78 is 6.90. The Morgan fingerprint density at radius 3 is 2.72 bits per heavy atom. The van der Waals surface area contributed by atoms with Crippen molar-refractivity contribution >= 4 is 44.3 Å². The van der Waals surface area contributed by atoms with Gasteiger partial charge in [0, 0.05) is 17.1 Å². The molecule has 18 heavy (non-hydrogen) atoms. The Morgan fingerprint density at radius 1 is 1.33 bits per heavy atom. The average Bonchev–Trinajstić information content (AvgIpc) is 2.35. The standard InChI is InChI=1S/C12H11BrIN3O/c1-18-6-9-10(14)11(15)17-12(16-9)7-4-2-3-5-8(7)13/h2-5H,6H2,1H3,(H2,15,16,17). The summed E-state index contributed by atoms with van der Waals surface area (Å²) in [6.07, 6.45) is 0. The Morgan fingerprint density at radius 2 is 2.06 bits per heavy atom. The van der Waals surface area contributed by atoms with Gasteiger partial charge in [-0.1, -0.05) is 34.1 Å². The van der Waals surface area contributed by atoms with E-state index in [1.54, 1.807) is 7.11 Å². The van der Waals surface area contributed by atoms with Crippen LogP contribution in [0, 0.1) is 3.57 Å². The van der Waals surface area contributed by atoms with E-state index in [0.717, 1.165) is 19.3 Å². The lowest BCUT2D eigenvalue weighted by atomic mass is 10.2. The van der Waals surface area contributed by atoms with Crippen LogP contribution in [0.3, 0.4) is 0 Å². The van der Waals surface area contributed by atoms with Gasteiger partial charge in [-0.2, -0.15) is 0 Å². The molecule has 0 aliphatic rings. The van der Waals surface area contributed by atoms with E-state index in [9.17, 15) is 0 Å². The molecule has 94 valence electrons. The predicted octanol–water partition coefficient (Wildman–Crippen LogP) is 3.24. The number of ether oxygens (including phenoxy) is 1. The fourth-order valence-corrected chi connectivity index (χ4v) is 2.37. The molecule has 1 heterocycles. The number of rotatable bonds is 3. The Kier molecular flexibility index (Phi) is 4.52. The topological polar surface area (TPSA) is 61.0 Å². The van der Waals surface area contributed by atoms with E-state index < -0.39 is 0 Å². The lowest BCUT2D eigenvalue weighted by Gasteiger charge is -2.09. The SMILES string of the molecule is COCc1nc(-c2ccccc2Br)nc(N)c1I. The fourth-order valence-electron chi connectivity index (χ4n) is 1.51. The Hall–Kier alpha value is -0.730. The molecule has 0 atom stereocenters. The van der Waals surface area contributed by atoms with Gasteiger partial charge >= 0.3 is 0 Å². The highest BCUT2D eigenvalue weighted by Crippen LogP contribution is 2.28. The van der Waals surface area contributed by atoms with Gasteiger partial charge < -0.3 is 10.5 Å². The van der Waals surface area contributed by atoms with E-state index in [-0.39, 0.29) is 0 Å². The van der Waals surface area contributed by atoms with Crippen LogP contribution in [0.25, 0.3) is 11.4 Å². The maximum Gasteiger partial charge on any atom is 0.163 e. The molecule has 0 fully saturated rings. The van der Waals surface area contributed by atoms with Gasteiger partial charge in [0.2, 0.25) is 0 Å². The minimum Gasteiger partial charge on any atom is -0.383 e. The fraction of sp³-hybridized carbons (Fsp3) is 0.167. The summed E-state index contributed by atoms with van der Waals surface area (Å²) in [5.74, 6) is 1.08. The molecule has 0 aliphatic heterocycles. The lowest BCUT2D eigenvalue weighted by molar-refractivity contribution is 0.181. The van der Waals surface area contributed by atoms with Gasteiger partial charge in [0.05, 0.1) is 15.9 Å². The van der Waals surface area contributed by atoms with E-state index in [2.05, 4.69) is 48.5 Å². The zero-order valence-electron chi connectivity index (χ0n) is 9.65. The van der Waals surface area contributed by atoms with Gasteiger partial charge in [-0.05, 0) is 28.7 Å². The van der Waals surface area contributed by atoms with Crippen LogP contribution in [0.4, 0.5) is 5.82 Å². The van der Waals surface area contributed by atoms with E-state index >= 15 is 0 Å². The Labute approximate surface area is 127 Å². The molecule has 2 aromatic rings. The van der Waals surface area contributed by atoms with Crippen LogP contribution >= 0.6 is 38.5 Å². The van der Waals surface area contributed by atoms with Crippen LogP contribution in [0.1, 0.15) is 5.69 Å². The van der Waals surface area contributed by atoms with E-state index in [0.29, 0.717) is 18.2 Å². The molecule has 0 spiro atoms. The summed E-state index contributed by atoms with van der Waals surface area (Å²) >= 11 is 5.62. The minimum absolute atomic E-state index is 0.419. The van der Waals surface area contributed by atoms with Crippen molar-refractivity contribution in [2.45, 2.75) is 6.61 Å². The van der Waals surface area contributed by atoms with Gasteiger partial charge in [0.25, 0.3) is 0 Å². The normalized spacial score (nSPS) is 10.6. The van der Waals surface area contributed by atoms with Crippen LogP contribution in [-0.4, -0.2) is 17.1 Å². The first-order valence-electron chi connectivity index (χ1n) is 5.19. The molecule has 4 nitrogen and oxygen atoms in total. The van der Waals surface area contributed by atoms with Gasteiger partial charge in [0.15, 0.2) is 5.82 Å². The quantitative estimate of drug-likeness (QED) is 0.776. The van der Waals surface area contributed by atoms with Crippen LogP contribution in [-0.2, 0) is 11.3 Å². The summed E-state index contributed by atoms with van der Waals surface area (Å²) in [6.45, 7) is 0.419. The van der Waals surface area contributed by atoms with Crippen molar-refractivity contribution in [1.82, 2.24) is 9.97 Å². The highest BCUT2D eigenvalue weighted by atomic mass is 127. The molecular weight excluding hydrogens is 409 g/mol. The van der Waals surface area contributed by atoms with Crippen molar-refractivity contribution < 1.29 is 4.74 Å². The van der Waals surface area contributed by atoms with Gasteiger partial charge in [0.1, 0.15) is 5.82 Å². The molecule has 0 unspecified atom stereocenters. The number of anilines is 1. The molecule has 1 aromatic heterocycles. The molecule has 2 rings (SSSR count). The summed E-state index contributed by atoms with van der Waals surface area (Å²) in [6, 6.07) is 7.78. The molecule has 1 aromatic carbocycles. The highest BCUT2D eigenvalue weighted by Gasteiger charge is 2.12. The molecule has 6 heteroatoms. The first-order valence-corrected chi connectivity index (χ1v) is 7.06. The van der Waals surface area contributed by atoms with E-state index in [1.165, 1.54) is 0 Å². The zero-order valence-corrected chi connectivity index (χ0v) is 13.4. The first kappa shape index (κ1) is 13.7.